The summed E-state index contributed by atoms with van der Waals surface area (Å²) in [7, 11) is 0. The van der Waals surface area contributed by atoms with E-state index in [4.69, 9.17) is 0 Å². The van der Waals surface area contributed by atoms with Gasteiger partial charge in [0.25, 0.3) is 0 Å². The monoisotopic (exact) mass is 451 g/mol. The lowest BCUT2D eigenvalue weighted by Gasteiger charge is -2.16. The summed E-state index contributed by atoms with van der Waals surface area (Å²) < 4.78 is 41.2. The van der Waals surface area contributed by atoms with Gasteiger partial charge in [0, 0.05) is 16.5 Å². The number of H-pyrrole nitrogens is 1. The Hall–Kier alpha value is -3.57. The molecular formula is C24H16F3N3OS. The van der Waals surface area contributed by atoms with E-state index < -0.39 is 22.6 Å². The molecule has 0 radical (unpaired) electrons. The lowest BCUT2D eigenvalue weighted by Crippen LogP contribution is -2.16. The number of carbonyl (C=O) groups excluding carboxylic acids is 1. The van der Waals surface area contributed by atoms with Crippen molar-refractivity contribution in [3.8, 4) is 17.3 Å². The Labute approximate surface area is 186 Å². The van der Waals surface area contributed by atoms with Crippen LogP contribution in [0.15, 0.2) is 71.8 Å². The van der Waals surface area contributed by atoms with Gasteiger partial charge in [-0.1, -0.05) is 60.3 Å². The number of para-hydroxylation sites is 1. The Morgan fingerprint density at radius 1 is 1.09 bits per heavy atom. The van der Waals surface area contributed by atoms with Crippen molar-refractivity contribution in [2.75, 3.05) is 0 Å². The fraction of sp³-hybridized carbons (Fsp3) is 0.125. The van der Waals surface area contributed by atoms with Crippen LogP contribution in [0, 0.1) is 11.3 Å². The molecule has 2 aromatic carbocycles. The van der Waals surface area contributed by atoms with Crippen molar-refractivity contribution in [3.63, 3.8) is 0 Å². The predicted molar refractivity (Wildman–Crippen MR) is 117 cm³/mol. The van der Waals surface area contributed by atoms with Crippen molar-refractivity contribution < 1.29 is 18.0 Å². The lowest BCUT2D eigenvalue weighted by atomic mass is 10.1. The molecule has 0 saturated carbocycles. The van der Waals surface area contributed by atoms with Gasteiger partial charge < -0.3 is 4.98 Å². The summed E-state index contributed by atoms with van der Waals surface area (Å²) in [5.74, 6) is -0.296. The minimum atomic E-state index is -4.74. The molecule has 2 aromatic heterocycles. The van der Waals surface area contributed by atoms with Gasteiger partial charge in [-0.25, -0.2) is 4.98 Å². The average Bonchev–Trinajstić information content (AvgIpc) is 3.22. The summed E-state index contributed by atoms with van der Waals surface area (Å²) in [6, 6.07) is 20.0. The van der Waals surface area contributed by atoms with Crippen LogP contribution in [0.3, 0.4) is 0 Å². The molecule has 2 heterocycles. The van der Waals surface area contributed by atoms with Gasteiger partial charge in [0.05, 0.1) is 27.8 Å². The molecule has 0 aliphatic heterocycles. The maximum absolute atomic E-state index is 13.7. The number of carbonyl (C=O) groups is 1. The number of aromatic amines is 1. The number of alkyl halides is 3. The Kier molecular flexibility index (Phi) is 5.76. The molecule has 0 bridgehead atoms. The lowest BCUT2D eigenvalue weighted by molar-refractivity contribution is -0.138. The van der Waals surface area contributed by atoms with Crippen LogP contribution in [0.4, 0.5) is 13.2 Å². The molecule has 4 rings (SSSR count). The van der Waals surface area contributed by atoms with E-state index in [9.17, 15) is 23.2 Å². The number of hydrogen-bond acceptors (Lipinski definition) is 4. The zero-order valence-electron chi connectivity index (χ0n) is 16.8. The van der Waals surface area contributed by atoms with E-state index in [2.05, 4.69) is 9.97 Å². The van der Waals surface area contributed by atoms with Crippen LogP contribution in [0.25, 0.3) is 22.2 Å². The van der Waals surface area contributed by atoms with Crippen molar-refractivity contribution in [2.45, 2.75) is 23.4 Å². The van der Waals surface area contributed by atoms with Gasteiger partial charge in [-0.05, 0) is 25.1 Å². The number of fused-ring (bicyclic) bond motifs is 1. The average molecular weight is 451 g/mol. The summed E-state index contributed by atoms with van der Waals surface area (Å²) in [5.41, 5.74) is 0.0537. The van der Waals surface area contributed by atoms with E-state index in [1.807, 2.05) is 24.3 Å². The molecule has 8 heteroatoms. The van der Waals surface area contributed by atoms with Crippen LogP contribution in [0.5, 0.6) is 0 Å². The van der Waals surface area contributed by atoms with Crippen LogP contribution >= 0.6 is 11.8 Å². The summed E-state index contributed by atoms with van der Waals surface area (Å²) in [6.07, 6.45) is -4.74. The van der Waals surface area contributed by atoms with Gasteiger partial charge in [-0.2, -0.15) is 18.4 Å². The van der Waals surface area contributed by atoms with Crippen molar-refractivity contribution >= 4 is 28.4 Å². The number of nitrogens with zero attached hydrogens (tertiary/aromatic N) is 2. The number of pyridine rings is 1. The molecule has 1 atom stereocenters. The highest BCUT2D eigenvalue weighted by molar-refractivity contribution is 8.00. The molecule has 4 nitrogen and oxygen atoms in total. The van der Waals surface area contributed by atoms with Gasteiger partial charge in [0.15, 0.2) is 5.78 Å². The fourth-order valence-corrected chi connectivity index (χ4v) is 4.33. The van der Waals surface area contributed by atoms with E-state index in [0.29, 0.717) is 11.3 Å². The number of rotatable bonds is 5. The van der Waals surface area contributed by atoms with E-state index in [-0.39, 0.29) is 16.5 Å². The molecular weight excluding hydrogens is 435 g/mol. The maximum atomic E-state index is 13.7. The standard InChI is InChI=1S/C24H16F3N3OS/c1-14(22(31)21-11-16-9-5-6-10-19(16)29-21)32-23-17(13-28)18(24(25,26)27)12-20(30-23)15-7-3-2-4-8-15/h2-12,14,29H,1H3. The number of hydrogen-bond donors (Lipinski definition) is 1. The van der Waals surface area contributed by atoms with Crippen molar-refractivity contribution in [1.29, 1.82) is 5.26 Å². The number of Topliss-reactive ketones (excluding diaryl/α,β-unsaturated/α-hetero) is 1. The highest BCUT2D eigenvalue weighted by Gasteiger charge is 2.36. The van der Waals surface area contributed by atoms with Crippen LogP contribution in [0.1, 0.15) is 28.5 Å². The molecule has 0 fully saturated rings. The largest absolute Gasteiger partial charge is 0.417 e. The molecule has 0 aliphatic rings. The molecule has 1 N–H and O–H groups in total. The van der Waals surface area contributed by atoms with E-state index in [0.717, 1.165) is 28.7 Å². The molecule has 0 spiro atoms. The van der Waals surface area contributed by atoms with Crippen LogP contribution in [-0.4, -0.2) is 21.0 Å². The zero-order valence-corrected chi connectivity index (χ0v) is 17.6. The van der Waals surface area contributed by atoms with Gasteiger partial charge >= 0.3 is 6.18 Å². The van der Waals surface area contributed by atoms with E-state index in [1.54, 1.807) is 49.4 Å². The van der Waals surface area contributed by atoms with Crippen molar-refractivity contribution in [2.24, 2.45) is 0 Å². The Morgan fingerprint density at radius 3 is 2.44 bits per heavy atom. The van der Waals surface area contributed by atoms with Crippen molar-refractivity contribution in [3.05, 3.63) is 83.6 Å². The Morgan fingerprint density at radius 2 is 1.78 bits per heavy atom. The number of halogens is 3. The third-order valence-corrected chi connectivity index (χ3v) is 6.01. The third-order valence-electron chi connectivity index (χ3n) is 4.93. The SMILES string of the molecule is CC(Sc1nc(-c2ccccc2)cc(C(F)(F)F)c1C#N)C(=O)c1cc2ccccc2[nH]1. The Bertz CT molecular complexity index is 1310. The van der Waals surface area contributed by atoms with E-state index in [1.165, 1.54) is 0 Å². The highest BCUT2D eigenvalue weighted by atomic mass is 32.2. The number of nitrogens with one attached hydrogen (secondary N) is 1. The van der Waals surface area contributed by atoms with Crippen LogP contribution in [-0.2, 0) is 6.18 Å². The van der Waals surface area contributed by atoms with Crippen LogP contribution in [0.2, 0.25) is 0 Å². The molecule has 1 unspecified atom stereocenters. The normalized spacial score (nSPS) is 12.5. The van der Waals surface area contributed by atoms with Gasteiger partial charge in [0.2, 0.25) is 0 Å². The number of ketones is 1. The number of nitriles is 1. The first-order valence-electron chi connectivity index (χ1n) is 9.64. The number of thioether (sulfide) groups is 1. The minimum Gasteiger partial charge on any atom is -0.352 e. The van der Waals surface area contributed by atoms with Crippen molar-refractivity contribution in [1.82, 2.24) is 9.97 Å². The number of benzene rings is 2. The second kappa shape index (κ2) is 8.52. The van der Waals surface area contributed by atoms with Gasteiger partial charge in [-0.3, -0.25) is 4.79 Å². The second-order valence-electron chi connectivity index (χ2n) is 7.11. The predicted octanol–water partition coefficient (Wildman–Crippen LogP) is 6.48. The smallest absolute Gasteiger partial charge is 0.352 e. The second-order valence-corrected chi connectivity index (χ2v) is 8.43. The fourth-order valence-electron chi connectivity index (χ4n) is 3.34. The Balaban J connectivity index is 1.74. The third kappa shape index (κ3) is 4.25. The van der Waals surface area contributed by atoms with Gasteiger partial charge in [0.1, 0.15) is 11.1 Å². The van der Waals surface area contributed by atoms with Crippen LogP contribution < -0.4 is 0 Å². The molecule has 0 aliphatic carbocycles. The number of aromatic nitrogens is 2. The minimum absolute atomic E-state index is 0.0877. The summed E-state index contributed by atoms with van der Waals surface area (Å²) in [4.78, 5) is 20.3. The van der Waals surface area contributed by atoms with E-state index >= 15 is 0 Å². The molecule has 0 saturated heterocycles. The first-order chi connectivity index (χ1) is 15.3. The molecule has 32 heavy (non-hydrogen) atoms. The maximum Gasteiger partial charge on any atom is 0.417 e. The quantitative estimate of drug-likeness (QED) is 0.278. The zero-order chi connectivity index (χ0) is 22.9. The molecule has 160 valence electrons. The molecule has 0 amide bonds. The first-order valence-corrected chi connectivity index (χ1v) is 10.5. The summed E-state index contributed by atoms with van der Waals surface area (Å²) >= 11 is 0.844. The van der Waals surface area contributed by atoms with Gasteiger partial charge in [-0.15, -0.1) is 0 Å². The first kappa shape index (κ1) is 21.7. The molecule has 4 aromatic rings. The highest BCUT2D eigenvalue weighted by Crippen LogP contribution is 2.39. The topological polar surface area (TPSA) is 69.5 Å². The summed E-state index contributed by atoms with van der Waals surface area (Å²) in [6.45, 7) is 1.59. The summed E-state index contributed by atoms with van der Waals surface area (Å²) in [5, 5.41) is 9.45.